The third-order valence-electron chi connectivity index (χ3n) is 3.94. The maximum atomic E-state index is 13.4. The van der Waals surface area contributed by atoms with E-state index in [0.29, 0.717) is 11.3 Å². The Morgan fingerprint density at radius 3 is 2.19 bits per heavy atom. The summed E-state index contributed by atoms with van der Waals surface area (Å²) in [7, 11) is 0. The summed E-state index contributed by atoms with van der Waals surface area (Å²) in [4.78, 5) is 0.526. The van der Waals surface area contributed by atoms with Crippen molar-refractivity contribution >= 4 is 12.6 Å². The molecule has 2 unspecified atom stereocenters. The molecule has 0 bridgehead atoms. The number of fused-ring (bicyclic) bond motifs is 1. The molecule has 1 heterocycles. The molecule has 1 aliphatic heterocycles. The van der Waals surface area contributed by atoms with Gasteiger partial charge in [-0.2, -0.15) is 13.2 Å². The molecule has 0 saturated carbocycles. The normalized spacial score (nSPS) is 17.5. The molecule has 142 valence electrons. The van der Waals surface area contributed by atoms with Crippen molar-refractivity contribution in [2.24, 2.45) is 5.92 Å². The second-order valence-corrected chi connectivity index (χ2v) is 6.41. The third kappa shape index (κ3) is 5.11. The fourth-order valence-electron chi connectivity index (χ4n) is 2.39. The molecular weight excluding hydrogens is 375 g/mol. The predicted octanol–water partition coefficient (Wildman–Crippen LogP) is 4.89. The number of alkyl halides is 3. The third-order valence-corrected chi connectivity index (χ3v) is 4.24. The minimum absolute atomic E-state index is 0.00750. The molecule has 2 aromatic rings. The van der Waals surface area contributed by atoms with Gasteiger partial charge >= 0.3 is 6.18 Å². The van der Waals surface area contributed by atoms with E-state index in [1.165, 1.54) is 12.1 Å². The highest BCUT2D eigenvalue weighted by molar-refractivity contribution is 7.80. The van der Waals surface area contributed by atoms with Gasteiger partial charge in [-0.15, -0.1) is 12.6 Å². The van der Waals surface area contributed by atoms with Crippen molar-refractivity contribution in [1.82, 2.24) is 0 Å². The number of aliphatic hydroxyl groups is 1. The summed E-state index contributed by atoms with van der Waals surface area (Å²) in [5.74, 6) is -1.20. The van der Waals surface area contributed by atoms with E-state index >= 15 is 0 Å². The van der Waals surface area contributed by atoms with Crippen LogP contribution < -0.4 is 4.74 Å². The van der Waals surface area contributed by atoms with Gasteiger partial charge in [0.2, 0.25) is 0 Å². The summed E-state index contributed by atoms with van der Waals surface area (Å²) < 4.78 is 67.4. The fourth-order valence-corrected chi connectivity index (χ4v) is 2.54. The summed E-state index contributed by atoms with van der Waals surface area (Å²) in [6, 6.07) is 6.77. The zero-order chi connectivity index (χ0) is 19.5. The lowest BCUT2D eigenvalue weighted by Gasteiger charge is -2.27. The van der Waals surface area contributed by atoms with Crippen molar-refractivity contribution in [2.75, 3.05) is 6.61 Å². The monoisotopic (exact) mass is 392 g/mol. The van der Waals surface area contributed by atoms with Crippen molar-refractivity contribution < 1.29 is 31.8 Å². The van der Waals surface area contributed by atoms with Crippen LogP contribution in [0.4, 0.5) is 22.0 Å². The number of ether oxygens (including phenoxy) is 1. The minimum atomic E-state index is -4.25. The number of benzene rings is 2. The number of rotatable bonds is 1. The summed E-state index contributed by atoms with van der Waals surface area (Å²) in [6.07, 6.45) is -4.52. The van der Waals surface area contributed by atoms with Crippen molar-refractivity contribution in [1.29, 1.82) is 0 Å². The summed E-state index contributed by atoms with van der Waals surface area (Å²) in [5, 5.41) is 9.37. The molecule has 0 spiro atoms. The highest BCUT2D eigenvalue weighted by Gasteiger charge is 2.30. The van der Waals surface area contributed by atoms with Gasteiger partial charge in [-0.3, -0.25) is 0 Å². The van der Waals surface area contributed by atoms with E-state index in [-0.39, 0.29) is 23.8 Å². The molecule has 2 nitrogen and oxygen atoms in total. The van der Waals surface area contributed by atoms with E-state index < -0.39 is 29.5 Å². The van der Waals surface area contributed by atoms with E-state index in [9.17, 15) is 27.1 Å². The molecule has 3 rings (SSSR count). The second-order valence-electron chi connectivity index (χ2n) is 5.90. The SMILES string of the molecule is CC(O)C1COc2c(F)ccc(F)c2C1.FC(F)(F)c1ccc(S)cc1. The van der Waals surface area contributed by atoms with Crippen molar-refractivity contribution in [2.45, 2.75) is 30.5 Å². The number of halogens is 5. The van der Waals surface area contributed by atoms with Crippen LogP contribution in [0.3, 0.4) is 0 Å². The smallest absolute Gasteiger partial charge is 0.416 e. The second kappa shape index (κ2) is 8.26. The molecule has 0 amide bonds. The number of hydrogen-bond donors (Lipinski definition) is 2. The van der Waals surface area contributed by atoms with Crippen LogP contribution in [0.5, 0.6) is 5.75 Å². The first kappa shape index (κ1) is 20.5. The van der Waals surface area contributed by atoms with Crippen LogP contribution >= 0.6 is 12.6 Å². The van der Waals surface area contributed by atoms with Gasteiger partial charge in [-0.25, -0.2) is 8.78 Å². The first-order valence-electron chi connectivity index (χ1n) is 7.73. The van der Waals surface area contributed by atoms with E-state index in [1.807, 2.05) is 0 Å². The molecule has 26 heavy (non-hydrogen) atoms. The lowest BCUT2D eigenvalue weighted by atomic mass is 9.92. The van der Waals surface area contributed by atoms with Crippen molar-refractivity contribution in [3.63, 3.8) is 0 Å². The van der Waals surface area contributed by atoms with E-state index in [2.05, 4.69) is 12.6 Å². The number of aliphatic hydroxyl groups excluding tert-OH is 1. The predicted molar refractivity (Wildman–Crippen MR) is 89.4 cm³/mol. The van der Waals surface area contributed by atoms with E-state index in [0.717, 1.165) is 24.3 Å². The van der Waals surface area contributed by atoms with Crippen molar-refractivity contribution in [3.05, 3.63) is 59.2 Å². The molecule has 0 fully saturated rings. The molecular formula is C18H17F5O2S. The van der Waals surface area contributed by atoms with E-state index in [1.54, 1.807) is 6.92 Å². The Hall–Kier alpha value is -1.80. The molecule has 0 aliphatic carbocycles. The highest BCUT2D eigenvalue weighted by atomic mass is 32.1. The standard InChI is InChI=1S/C11H12F2O2.C7H5F3S/c1-6(14)7-4-8-9(12)2-3-10(13)11(8)15-5-7;8-7(9,10)5-1-3-6(11)4-2-5/h2-3,6-7,14H,4-5H2,1H3;1-4,11H. The Morgan fingerprint density at radius 1 is 1.08 bits per heavy atom. The lowest BCUT2D eigenvalue weighted by Crippen LogP contribution is -2.30. The zero-order valence-electron chi connectivity index (χ0n) is 13.7. The molecule has 1 aliphatic rings. The summed E-state index contributed by atoms with van der Waals surface area (Å²) in [5.41, 5.74) is -0.414. The quantitative estimate of drug-likeness (QED) is 0.535. The van der Waals surface area contributed by atoms with Gasteiger partial charge < -0.3 is 9.84 Å². The van der Waals surface area contributed by atoms with Gasteiger partial charge in [-0.05, 0) is 49.7 Å². The molecule has 0 radical (unpaired) electrons. The maximum absolute atomic E-state index is 13.4. The van der Waals surface area contributed by atoms with Crippen LogP contribution in [-0.4, -0.2) is 17.8 Å². The minimum Gasteiger partial charge on any atom is -0.490 e. The van der Waals surface area contributed by atoms with Gasteiger partial charge in [-0.1, -0.05) is 0 Å². The van der Waals surface area contributed by atoms with Crippen LogP contribution in [0.2, 0.25) is 0 Å². The van der Waals surface area contributed by atoms with Gasteiger partial charge in [0.05, 0.1) is 18.3 Å². The molecule has 2 atom stereocenters. The van der Waals surface area contributed by atoms with Gasteiger partial charge in [0.15, 0.2) is 11.6 Å². The van der Waals surface area contributed by atoms with Crippen LogP contribution in [0.15, 0.2) is 41.3 Å². The molecule has 8 heteroatoms. The van der Waals surface area contributed by atoms with Gasteiger partial charge in [0.1, 0.15) is 5.82 Å². The number of thiol groups is 1. The lowest BCUT2D eigenvalue weighted by molar-refractivity contribution is -0.137. The Morgan fingerprint density at radius 2 is 1.65 bits per heavy atom. The topological polar surface area (TPSA) is 29.5 Å². The van der Waals surface area contributed by atoms with Crippen LogP contribution in [-0.2, 0) is 12.6 Å². The first-order valence-corrected chi connectivity index (χ1v) is 8.18. The fraction of sp³-hybridized carbons (Fsp3) is 0.333. The van der Waals surface area contributed by atoms with Gasteiger partial charge in [0.25, 0.3) is 0 Å². The largest absolute Gasteiger partial charge is 0.490 e. The van der Waals surface area contributed by atoms with Crippen LogP contribution in [0, 0.1) is 17.6 Å². The molecule has 2 aromatic carbocycles. The molecule has 1 N–H and O–H groups in total. The Labute approximate surface area is 153 Å². The Bertz CT molecular complexity index is 744. The van der Waals surface area contributed by atoms with Crippen LogP contribution in [0.1, 0.15) is 18.1 Å². The van der Waals surface area contributed by atoms with Gasteiger partial charge in [0, 0.05) is 16.4 Å². The Balaban J connectivity index is 0.000000197. The van der Waals surface area contributed by atoms with E-state index in [4.69, 9.17) is 4.74 Å². The Kier molecular flexibility index (Phi) is 6.52. The average molecular weight is 392 g/mol. The van der Waals surface area contributed by atoms with Crippen LogP contribution in [0.25, 0.3) is 0 Å². The highest BCUT2D eigenvalue weighted by Crippen LogP contribution is 2.33. The summed E-state index contributed by atoms with van der Waals surface area (Å²) in [6.45, 7) is 1.85. The van der Waals surface area contributed by atoms with Crippen molar-refractivity contribution in [3.8, 4) is 5.75 Å². The zero-order valence-corrected chi connectivity index (χ0v) is 14.6. The summed E-state index contributed by atoms with van der Waals surface area (Å²) >= 11 is 3.86. The maximum Gasteiger partial charge on any atom is 0.416 e. The molecule has 0 saturated heterocycles. The number of hydrogen-bond acceptors (Lipinski definition) is 3. The first-order chi connectivity index (χ1) is 12.1. The average Bonchev–Trinajstić information content (AvgIpc) is 2.58. The molecule has 0 aromatic heterocycles.